The Hall–Kier alpha value is -2.44. The predicted molar refractivity (Wildman–Crippen MR) is 102 cm³/mol. The van der Waals surface area contributed by atoms with Gasteiger partial charge in [-0.15, -0.1) is 0 Å². The largest absolute Gasteiger partial charge is 0.479 e. The Balaban J connectivity index is 2.00. The maximum absolute atomic E-state index is 14.4. The van der Waals surface area contributed by atoms with E-state index in [4.69, 9.17) is 21.4 Å². The highest BCUT2D eigenvalue weighted by Gasteiger charge is 2.34. The Morgan fingerprint density at radius 1 is 1.22 bits per heavy atom. The molecule has 0 aromatic heterocycles. The van der Waals surface area contributed by atoms with Crippen LogP contribution in [0.15, 0.2) is 29.2 Å². The van der Waals surface area contributed by atoms with Gasteiger partial charge in [0.1, 0.15) is 5.82 Å². The van der Waals surface area contributed by atoms with Crippen LogP contribution in [0.3, 0.4) is 0 Å². The van der Waals surface area contributed by atoms with Crippen LogP contribution in [-0.2, 0) is 27.4 Å². The molecule has 0 aliphatic heterocycles. The maximum atomic E-state index is 14.4. The molecule has 13 heteroatoms. The molecule has 1 aliphatic carbocycles. The molecule has 0 heterocycles. The summed E-state index contributed by atoms with van der Waals surface area (Å²) in [6.07, 6.45) is -4.25. The van der Waals surface area contributed by atoms with Crippen LogP contribution in [0.1, 0.15) is 35.6 Å². The molecule has 3 rings (SSSR count). The summed E-state index contributed by atoms with van der Waals surface area (Å²) in [4.78, 5) is 9.85. The number of hydrogen-bond donors (Lipinski definition) is 2. The fraction of sp³-hybridized carbons (Fsp3) is 0.316. The topological polar surface area (TPSA) is 92.7 Å². The van der Waals surface area contributed by atoms with Crippen LogP contribution in [0.25, 0.3) is 0 Å². The van der Waals surface area contributed by atoms with Gasteiger partial charge < -0.3 is 9.84 Å². The Bertz CT molecular complexity index is 1170. The van der Waals surface area contributed by atoms with E-state index in [0.717, 1.165) is 6.07 Å². The molecule has 1 unspecified atom stereocenters. The third-order valence-electron chi connectivity index (χ3n) is 4.76. The number of nitrogens with one attached hydrogen (secondary N) is 1. The van der Waals surface area contributed by atoms with E-state index >= 15 is 0 Å². The molecule has 32 heavy (non-hydrogen) atoms. The number of carboxylic acids is 1. The summed E-state index contributed by atoms with van der Waals surface area (Å²) in [7, 11) is -4.63. The van der Waals surface area contributed by atoms with Crippen LogP contribution in [0, 0.1) is 11.6 Å². The first-order valence-electron chi connectivity index (χ1n) is 9.05. The number of ether oxygens (including phenoxy) is 1. The molecule has 0 saturated carbocycles. The van der Waals surface area contributed by atoms with Crippen molar-refractivity contribution in [2.24, 2.45) is 0 Å². The smallest absolute Gasteiger partial charge is 0.416 e. The summed E-state index contributed by atoms with van der Waals surface area (Å²) in [6.45, 7) is -0.871. The molecule has 0 fully saturated rings. The third kappa shape index (κ3) is 5.13. The minimum Gasteiger partial charge on any atom is -0.479 e. The van der Waals surface area contributed by atoms with Gasteiger partial charge in [-0.1, -0.05) is 11.6 Å². The minimum atomic E-state index is -4.97. The number of sulfonamides is 1. The van der Waals surface area contributed by atoms with Crippen LogP contribution in [0.2, 0.25) is 5.02 Å². The SMILES string of the molecule is O=C(O)COc1c(F)c(Cl)cc2c1CCCC2NS(=O)(=O)c1cc(F)cc(C(F)(F)F)c1. The second-order valence-electron chi connectivity index (χ2n) is 6.99. The van der Waals surface area contributed by atoms with E-state index in [1.165, 1.54) is 0 Å². The van der Waals surface area contributed by atoms with Gasteiger partial charge in [-0.05, 0) is 49.1 Å². The normalized spacial score (nSPS) is 16.5. The number of carboxylic acid groups (broad SMARTS) is 1. The van der Waals surface area contributed by atoms with Crippen molar-refractivity contribution in [1.29, 1.82) is 0 Å². The molecule has 1 aliphatic rings. The lowest BCUT2D eigenvalue weighted by Gasteiger charge is -2.28. The molecule has 2 N–H and O–H groups in total. The highest BCUT2D eigenvalue weighted by molar-refractivity contribution is 7.89. The zero-order valence-corrected chi connectivity index (χ0v) is 17.5. The van der Waals surface area contributed by atoms with Crippen molar-refractivity contribution in [2.75, 3.05) is 6.61 Å². The van der Waals surface area contributed by atoms with Gasteiger partial charge in [-0.2, -0.15) is 13.2 Å². The van der Waals surface area contributed by atoms with E-state index < -0.39 is 67.7 Å². The molecule has 0 saturated heterocycles. The molecule has 0 bridgehead atoms. The van der Waals surface area contributed by atoms with Crippen molar-refractivity contribution in [3.8, 4) is 5.75 Å². The zero-order valence-electron chi connectivity index (χ0n) is 16.0. The van der Waals surface area contributed by atoms with Gasteiger partial charge in [0.25, 0.3) is 0 Å². The predicted octanol–water partition coefficient (Wildman–Crippen LogP) is 4.46. The van der Waals surface area contributed by atoms with Gasteiger partial charge in [-0.25, -0.2) is 26.7 Å². The Morgan fingerprint density at radius 2 is 1.91 bits per heavy atom. The number of alkyl halides is 3. The summed E-state index contributed by atoms with van der Waals surface area (Å²) >= 11 is 5.86. The van der Waals surface area contributed by atoms with Crippen molar-refractivity contribution in [3.05, 3.63) is 57.6 Å². The number of benzene rings is 2. The van der Waals surface area contributed by atoms with Gasteiger partial charge in [0.05, 0.1) is 15.5 Å². The molecule has 0 radical (unpaired) electrons. The van der Waals surface area contributed by atoms with Gasteiger partial charge in [0.15, 0.2) is 18.2 Å². The summed E-state index contributed by atoms with van der Waals surface area (Å²) in [6, 6.07) is 1.00. The first kappa shape index (κ1) is 24.2. The second-order valence-corrected chi connectivity index (χ2v) is 9.11. The lowest BCUT2D eigenvalue weighted by Crippen LogP contribution is -2.32. The number of rotatable bonds is 6. The summed E-state index contributed by atoms with van der Waals surface area (Å²) in [5, 5.41) is 8.33. The van der Waals surface area contributed by atoms with Crippen molar-refractivity contribution in [1.82, 2.24) is 4.72 Å². The van der Waals surface area contributed by atoms with Crippen LogP contribution in [0.5, 0.6) is 5.75 Å². The molecule has 1 atom stereocenters. The molecule has 174 valence electrons. The van der Waals surface area contributed by atoms with Gasteiger partial charge in [0.2, 0.25) is 10.0 Å². The number of aliphatic carboxylic acids is 1. The second kappa shape index (κ2) is 8.83. The highest BCUT2D eigenvalue weighted by atomic mass is 35.5. The number of fused-ring (bicyclic) bond motifs is 1. The molecule has 6 nitrogen and oxygen atoms in total. The quantitative estimate of drug-likeness (QED) is 0.573. The first-order chi connectivity index (χ1) is 14.8. The van der Waals surface area contributed by atoms with Crippen LogP contribution < -0.4 is 9.46 Å². The Kier molecular flexibility index (Phi) is 6.68. The van der Waals surface area contributed by atoms with Crippen molar-refractivity contribution >= 4 is 27.6 Å². The highest BCUT2D eigenvalue weighted by Crippen LogP contribution is 2.41. The van der Waals surface area contributed by atoms with Gasteiger partial charge >= 0.3 is 12.1 Å². The van der Waals surface area contributed by atoms with Crippen LogP contribution in [-0.4, -0.2) is 26.1 Å². The fourth-order valence-corrected chi connectivity index (χ4v) is 4.92. The average molecular weight is 500 g/mol. The first-order valence-corrected chi connectivity index (χ1v) is 10.9. The van der Waals surface area contributed by atoms with E-state index in [1.807, 2.05) is 0 Å². The molecular formula is C19H15ClF5NO5S. The average Bonchev–Trinajstić information content (AvgIpc) is 2.67. The fourth-order valence-electron chi connectivity index (χ4n) is 3.41. The molecule has 0 spiro atoms. The van der Waals surface area contributed by atoms with E-state index in [-0.39, 0.29) is 30.0 Å². The number of halogens is 6. The minimum absolute atomic E-state index is 0.170. The van der Waals surface area contributed by atoms with E-state index in [0.29, 0.717) is 18.6 Å². The molecule has 2 aromatic rings. The zero-order chi connectivity index (χ0) is 23.8. The van der Waals surface area contributed by atoms with Crippen LogP contribution >= 0.6 is 11.6 Å². The molecule has 0 amide bonds. The van der Waals surface area contributed by atoms with Crippen molar-refractivity contribution < 1.29 is 45.0 Å². The standard InChI is InChI=1S/C19H15ClF5NO5S/c20-14-7-13-12(18(17(14)22)31-8-16(27)28)2-1-3-15(13)26-32(29,30)11-5-9(19(23,24)25)4-10(21)6-11/h4-7,15,26H,1-3,8H2,(H,27,28). The summed E-state index contributed by atoms with van der Waals surface area (Å²) in [5.74, 6) is -4.23. The lowest BCUT2D eigenvalue weighted by molar-refractivity contribution is -0.139. The van der Waals surface area contributed by atoms with Gasteiger partial charge in [-0.3, -0.25) is 0 Å². The molecule has 2 aromatic carbocycles. The summed E-state index contributed by atoms with van der Waals surface area (Å²) in [5.41, 5.74) is -1.11. The van der Waals surface area contributed by atoms with Gasteiger partial charge in [0, 0.05) is 11.6 Å². The van der Waals surface area contributed by atoms with Crippen molar-refractivity contribution in [3.63, 3.8) is 0 Å². The Morgan fingerprint density at radius 3 is 2.53 bits per heavy atom. The summed E-state index contributed by atoms with van der Waals surface area (Å²) < 4.78 is 99.7. The monoisotopic (exact) mass is 499 g/mol. The molecular weight excluding hydrogens is 485 g/mol. The maximum Gasteiger partial charge on any atom is 0.416 e. The number of hydrogen-bond acceptors (Lipinski definition) is 4. The van der Waals surface area contributed by atoms with Crippen molar-refractivity contribution in [2.45, 2.75) is 36.4 Å². The Labute approximate surface area is 184 Å². The van der Waals surface area contributed by atoms with E-state index in [9.17, 15) is 35.2 Å². The van der Waals surface area contributed by atoms with Crippen LogP contribution in [0.4, 0.5) is 22.0 Å². The lowest BCUT2D eigenvalue weighted by atomic mass is 9.87. The third-order valence-corrected chi connectivity index (χ3v) is 6.48. The number of carbonyl (C=O) groups is 1. The van der Waals surface area contributed by atoms with E-state index in [1.54, 1.807) is 0 Å². The van der Waals surface area contributed by atoms with E-state index in [2.05, 4.69) is 4.72 Å².